The van der Waals surface area contributed by atoms with Gasteiger partial charge in [0.15, 0.2) is 0 Å². The van der Waals surface area contributed by atoms with Crippen molar-refractivity contribution in [3.63, 3.8) is 0 Å². The summed E-state index contributed by atoms with van der Waals surface area (Å²) >= 11 is 1.63. The average Bonchev–Trinajstić information content (AvgIpc) is 3.14. The Kier molecular flexibility index (Phi) is 7.97. The molecule has 2 aromatic rings. The van der Waals surface area contributed by atoms with Gasteiger partial charge in [0.05, 0.1) is 6.54 Å². The van der Waals surface area contributed by atoms with E-state index in [1.807, 2.05) is 29.6 Å². The molecule has 0 atom stereocenters. The highest BCUT2D eigenvalue weighted by atomic mass is 32.1. The van der Waals surface area contributed by atoms with E-state index in [2.05, 4.69) is 16.0 Å². The van der Waals surface area contributed by atoms with Crippen LogP contribution < -0.4 is 16.0 Å². The van der Waals surface area contributed by atoms with E-state index in [-0.39, 0.29) is 18.4 Å². The second kappa shape index (κ2) is 10.4. The summed E-state index contributed by atoms with van der Waals surface area (Å²) in [5.74, 6) is -0.507. The lowest BCUT2D eigenvalue weighted by molar-refractivity contribution is -0.120. The van der Waals surface area contributed by atoms with Crippen molar-refractivity contribution in [1.29, 1.82) is 0 Å². The van der Waals surface area contributed by atoms with E-state index in [1.54, 1.807) is 42.5 Å². The van der Waals surface area contributed by atoms with Gasteiger partial charge in [-0.2, -0.15) is 0 Å². The predicted octanol–water partition coefficient (Wildman–Crippen LogP) is 1.61. The van der Waals surface area contributed by atoms with Gasteiger partial charge >= 0.3 is 6.03 Å². The Balaban J connectivity index is 1.69. The van der Waals surface area contributed by atoms with Crippen LogP contribution in [0.25, 0.3) is 0 Å². The Morgan fingerprint density at radius 3 is 2.48 bits per heavy atom. The van der Waals surface area contributed by atoms with Crippen LogP contribution in [0.4, 0.5) is 4.79 Å². The lowest BCUT2D eigenvalue weighted by Gasteiger charge is -2.16. The minimum absolute atomic E-state index is 0.0928. The molecule has 0 bridgehead atoms. The third-order valence-electron chi connectivity index (χ3n) is 3.80. The number of likely N-dealkylation sites (N-methyl/N-ethyl adjacent to an activating group) is 1. The van der Waals surface area contributed by atoms with Gasteiger partial charge in [-0.15, -0.1) is 11.3 Å². The molecule has 0 aliphatic heterocycles. The van der Waals surface area contributed by atoms with Gasteiger partial charge in [0.1, 0.15) is 0 Å². The van der Waals surface area contributed by atoms with Gasteiger partial charge in [0.25, 0.3) is 5.91 Å². The Labute approximate surface area is 162 Å². The molecule has 144 valence electrons. The quantitative estimate of drug-likeness (QED) is 0.641. The minimum Gasteiger partial charge on any atom is -0.355 e. The minimum atomic E-state index is -0.486. The number of thiophene rings is 1. The monoisotopic (exact) mass is 388 g/mol. The molecular weight excluding hydrogens is 364 g/mol. The maximum atomic E-state index is 12.0. The zero-order valence-corrected chi connectivity index (χ0v) is 16.3. The molecule has 0 fully saturated rings. The number of urea groups is 1. The molecule has 0 unspecified atom stereocenters. The number of hydrogen-bond acceptors (Lipinski definition) is 5. The van der Waals surface area contributed by atoms with E-state index in [0.29, 0.717) is 18.7 Å². The highest BCUT2D eigenvalue weighted by Crippen LogP contribution is 2.08. The fraction of sp³-hybridized carbons (Fsp3) is 0.316. The number of imide groups is 1. The molecule has 27 heavy (non-hydrogen) atoms. The number of nitrogens with one attached hydrogen (secondary N) is 3. The Morgan fingerprint density at radius 2 is 1.85 bits per heavy atom. The summed E-state index contributed by atoms with van der Waals surface area (Å²) < 4.78 is 0. The first-order valence-electron chi connectivity index (χ1n) is 8.57. The van der Waals surface area contributed by atoms with E-state index in [4.69, 9.17) is 0 Å². The number of amides is 4. The first-order valence-corrected chi connectivity index (χ1v) is 9.45. The second-order valence-corrected chi connectivity index (χ2v) is 7.11. The first-order chi connectivity index (χ1) is 13.0. The Morgan fingerprint density at radius 1 is 1.11 bits per heavy atom. The summed E-state index contributed by atoms with van der Waals surface area (Å²) in [7, 11) is 3.38. The number of hydrogen-bond donors (Lipinski definition) is 3. The summed E-state index contributed by atoms with van der Waals surface area (Å²) in [5, 5.41) is 9.56. The summed E-state index contributed by atoms with van der Waals surface area (Å²) in [4.78, 5) is 38.2. The zero-order chi connectivity index (χ0) is 19.6. The largest absolute Gasteiger partial charge is 0.355 e. The molecule has 0 aliphatic carbocycles. The molecule has 7 nitrogen and oxygen atoms in total. The molecule has 0 radical (unpaired) electrons. The van der Waals surface area contributed by atoms with E-state index in [1.165, 1.54) is 4.88 Å². The molecule has 0 saturated heterocycles. The number of benzene rings is 1. The molecule has 0 spiro atoms. The number of carbonyl (C=O) groups excluding carboxylic acids is 3. The van der Waals surface area contributed by atoms with Crippen molar-refractivity contribution in [2.45, 2.75) is 13.0 Å². The first kappa shape index (κ1) is 20.6. The standard InChI is InChI=1S/C19H24N4O3S/c1-20-18(25)15-7-5-14(6-8-15)12-23(2)13-17(24)22-19(26)21-10-9-16-4-3-11-27-16/h3-8,11H,9-10,12-13H2,1-2H3,(H,20,25)(H2,21,22,24,26). The smallest absolute Gasteiger partial charge is 0.321 e. The molecule has 8 heteroatoms. The Bertz CT molecular complexity index is 760. The van der Waals surface area contributed by atoms with Crippen LogP contribution in [0.15, 0.2) is 41.8 Å². The average molecular weight is 388 g/mol. The van der Waals surface area contributed by atoms with Gasteiger partial charge in [-0.25, -0.2) is 4.79 Å². The van der Waals surface area contributed by atoms with Gasteiger partial charge in [-0.3, -0.25) is 19.8 Å². The van der Waals surface area contributed by atoms with Crippen molar-refractivity contribution >= 4 is 29.2 Å². The van der Waals surface area contributed by atoms with Gasteiger partial charge < -0.3 is 10.6 Å². The fourth-order valence-corrected chi connectivity index (χ4v) is 3.19. The Hall–Kier alpha value is -2.71. The van der Waals surface area contributed by atoms with Crippen LogP contribution in [-0.4, -0.2) is 49.9 Å². The van der Waals surface area contributed by atoms with Gasteiger partial charge in [-0.1, -0.05) is 18.2 Å². The van der Waals surface area contributed by atoms with E-state index in [0.717, 1.165) is 12.0 Å². The molecule has 0 aliphatic rings. The predicted molar refractivity (Wildman–Crippen MR) is 106 cm³/mol. The van der Waals surface area contributed by atoms with Crippen LogP contribution >= 0.6 is 11.3 Å². The van der Waals surface area contributed by atoms with E-state index in [9.17, 15) is 14.4 Å². The molecule has 1 aromatic carbocycles. The van der Waals surface area contributed by atoms with Crippen LogP contribution in [-0.2, 0) is 17.8 Å². The highest BCUT2D eigenvalue weighted by molar-refractivity contribution is 7.09. The topological polar surface area (TPSA) is 90.5 Å². The number of carbonyl (C=O) groups is 3. The van der Waals surface area contributed by atoms with Gasteiger partial charge in [0, 0.05) is 30.6 Å². The lowest BCUT2D eigenvalue weighted by atomic mass is 10.1. The van der Waals surface area contributed by atoms with E-state index >= 15 is 0 Å². The number of nitrogens with zero attached hydrogens (tertiary/aromatic N) is 1. The SMILES string of the molecule is CNC(=O)c1ccc(CN(C)CC(=O)NC(=O)NCCc2cccs2)cc1. The van der Waals surface area contributed by atoms with E-state index < -0.39 is 6.03 Å². The third kappa shape index (κ3) is 7.20. The van der Waals surface area contributed by atoms with Crippen LogP contribution in [0.2, 0.25) is 0 Å². The van der Waals surface area contributed by atoms with Crippen LogP contribution in [0.1, 0.15) is 20.8 Å². The van der Waals surface area contributed by atoms with Crippen LogP contribution in [0.5, 0.6) is 0 Å². The maximum absolute atomic E-state index is 12.0. The zero-order valence-electron chi connectivity index (χ0n) is 15.5. The summed E-state index contributed by atoms with van der Waals surface area (Å²) in [6.45, 7) is 1.10. The highest BCUT2D eigenvalue weighted by Gasteiger charge is 2.11. The van der Waals surface area contributed by atoms with Gasteiger partial charge in [0.2, 0.25) is 5.91 Å². The van der Waals surface area contributed by atoms with Crippen LogP contribution in [0.3, 0.4) is 0 Å². The van der Waals surface area contributed by atoms with Crippen LogP contribution in [0, 0.1) is 0 Å². The second-order valence-electron chi connectivity index (χ2n) is 6.08. The normalized spacial score (nSPS) is 10.5. The summed E-state index contributed by atoms with van der Waals surface area (Å²) in [6, 6.07) is 10.6. The van der Waals surface area contributed by atoms with Crippen molar-refractivity contribution in [3.8, 4) is 0 Å². The lowest BCUT2D eigenvalue weighted by Crippen LogP contribution is -2.44. The maximum Gasteiger partial charge on any atom is 0.321 e. The molecular formula is C19H24N4O3S. The van der Waals surface area contributed by atoms with Crippen molar-refractivity contribution < 1.29 is 14.4 Å². The molecule has 1 aromatic heterocycles. The molecule has 0 saturated carbocycles. The summed E-state index contributed by atoms with van der Waals surface area (Å²) in [5.41, 5.74) is 1.55. The summed E-state index contributed by atoms with van der Waals surface area (Å²) in [6.07, 6.45) is 0.741. The van der Waals surface area contributed by atoms with Crippen molar-refractivity contribution in [1.82, 2.24) is 20.9 Å². The van der Waals surface area contributed by atoms with Crippen molar-refractivity contribution in [2.75, 3.05) is 27.2 Å². The molecule has 1 heterocycles. The van der Waals surface area contributed by atoms with Crippen molar-refractivity contribution in [3.05, 3.63) is 57.8 Å². The molecule has 3 N–H and O–H groups in total. The van der Waals surface area contributed by atoms with Crippen molar-refractivity contribution in [2.24, 2.45) is 0 Å². The number of rotatable bonds is 8. The van der Waals surface area contributed by atoms with Gasteiger partial charge in [-0.05, 0) is 42.6 Å². The molecule has 4 amide bonds. The third-order valence-corrected chi connectivity index (χ3v) is 4.74. The molecule has 2 rings (SSSR count). The fourth-order valence-electron chi connectivity index (χ4n) is 2.48.